The molecule has 10 heteroatoms. The fourth-order valence-corrected chi connectivity index (χ4v) is 4.46. The molecule has 0 saturated carbocycles. The lowest BCUT2D eigenvalue weighted by Crippen LogP contribution is -2.51. The Bertz CT molecular complexity index is 1300. The smallest absolute Gasteiger partial charge is 0.244 e. The van der Waals surface area contributed by atoms with Crippen LogP contribution in [0.25, 0.3) is 0 Å². The summed E-state index contributed by atoms with van der Waals surface area (Å²) in [4.78, 5) is 27.3. The van der Waals surface area contributed by atoms with E-state index in [1.165, 1.54) is 29.2 Å². The summed E-state index contributed by atoms with van der Waals surface area (Å²) >= 11 is 0. The Hall–Kier alpha value is -3.92. The summed E-state index contributed by atoms with van der Waals surface area (Å²) in [5.41, 5.74) is 0.864. The highest BCUT2D eigenvalue weighted by molar-refractivity contribution is 7.92. The maximum Gasteiger partial charge on any atom is 0.244 e. The van der Waals surface area contributed by atoms with Gasteiger partial charge in [0.05, 0.1) is 11.9 Å². The molecule has 0 heterocycles. The molecular weight excluding hydrogens is 497 g/mol. The van der Waals surface area contributed by atoms with Gasteiger partial charge in [-0.3, -0.25) is 13.9 Å². The lowest BCUT2D eigenvalue weighted by Gasteiger charge is -2.31. The van der Waals surface area contributed by atoms with Crippen LogP contribution >= 0.6 is 0 Å². The van der Waals surface area contributed by atoms with E-state index in [0.717, 1.165) is 10.6 Å². The van der Waals surface area contributed by atoms with Crippen LogP contribution in [0.15, 0.2) is 78.9 Å². The summed E-state index contributed by atoms with van der Waals surface area (Å²) in [5, 5.41) is 2.68. The largest absolute Gasteiger partial charge is 0.457 e. The molecule has 2 amide bonds. The van der Waals surface area contributed by atoms with Crippen molar-refractivity contribution in [2.75, 3.05) is 23.7 Å². The van der Waals surface area contributed by atoms with Crippen LogP contribution in [0.2, 0.25) is 0 Å². The van der Waals surface area contributed by atoms with Crippen LogP contribution in [-0.2, 0) is 26.2 Å². The van der Waals surface area contributed by atoms with E-state index in [9.17, 15) is 22.4 Å². The standard InChI is InChI=1S/C27H30FN3O5S/c1-4-29-27(33)20(2)30(18-21-10-12-22(28)13-11-21)26(32)19-31(37(3,34)35)23-14-16-25(17-15-23)36-24-8-6-5-7-9-24/h5-17,20H,4,18-19H2,1-3H3,(H,29,33)/t20-/m0/s1. The molecule has 37 heavy (non-hydrogen) atoms. The second kappa shape index (κ2) is 12.4. The molecule has 3 aromatic carbocycles. The van der Waals surface area contributed by atoms with E-state index in [-0.39, 0.29) is 18.1 Å². The van der Waals surface area contributed by atoms with Gasteiger partial charge in [0.25, 0.3) is 0 Å². The molecule has 3 rings (SSSR count). The third-order valence-corrected chi connectivity index (χ3v) is 6.71. The number of sulfonamides is 1. The normalized spacial score (nSPS) is 11.9. The molecule has 0 aliphatic heterocycles. The zero-order valence-electron chi connectivity index (χ0n) is 20.9. The fraction of sp³-hybridized carbons (Fsp3) is 0.259. The molecule has 0 radical (unpaired) electrons. The van der Waals surface area contributed by atoms with Gasteiger partial charge in [-0.25, -0.2) is 12.8 Å². The lowest BCUT2D eigenvalue weighted by molar-refractivity contribution is -0.139. The van der Waals surface area contributed by atoms with Crippen LogP contribution in [0.1, 0.15) is 19.4 Å². The first-order valence-corrected chi connectivity index (χ1v) is 13.6. The minimum absolute atomic E-state index is 0.00112. The average molecular weight is 528 g/mol. The van der Waals surface area contributed by atoms with Gasteiger partial charge in [0, 0.05) is 13.1 Å². The molecule has 0 saturated heterocycles. The average Bonchev–Trinajstić information content (AvgIpc) is 2.87. The van der Waals surface area contributed by atoms with Gasteiger partial charge in [0.1, 0.15) is 29.9 Å². The summed E-state index contributed by atoms with van der Waals surface area (Å²) in [7, 11) is -3.86. The molecule has 0 aliphatic rings. The van der Waals surface area contributed by atoms with Crippen LogP contribution in [0.4, 0.5) is 10.1 Å². The Labute approximate surface area is 216 Å². The number of hydrogen-bond donors (Lipinski definition) is 1. The van der Waals surface area contributed by atoms with Gasteiger partial charge in [0.2, 0.25) is 21.8 Å². The summed E-state index contributed by atoms with van der Waals surface area (Å²) in [6, 6.07) is 20.1. The first-order chi connectivity index (χ1) is 17.6. The number of nitrogens with one attached hydrogen (secondary N) is 1. The maximum atomic E-state index is 13.4. The van der Waals surface area contributed by atoms with Crippen molar-refractivity contribution < 1.29 is 27.1 Å². The fourth-order valence-electron chi connectivity index (χ4n) is 3.61. The molecule has 0 unspecified atom stereocenters. The quantitative estimate of drug-likeness (QED) is 0.408. The highest BCUT2D eigenvalue weighted by Gasteiger charge is 2.30. The number of likely N-dealkylation sites (N-methyl/N-ethyl adjacent to an activating group) is 1. The highest BCUT2D eigenvalue weighted by Crippen LogP contribution is 2.26. The van der Waals surface area contributed by atoms with Gasteiger partial charge >= 0.3 is 0 Å². The van der Waals surface area contributed by atoms with Gasteiger partial charge in [-0.2, -0.15) is 0 Å². The van der Waals surface area contributed by atoms with Crippen molar-refractivity contribution in [2.45, 2.75) is 26.4 Å². The van der Waals surface area contributed by atoms with Crippen molar-refractivity contribution in [3.05, 3.63) is 90.2 Å². The molecule has 0 aromatic heterocycles. The summed E-state index contributed by atoms with van der Waals surface area (Å²) in [5.74, 6) is -0.274. The van der Waals surface area contributed by atoms with E-state index in [1.54, 1.807) is 50.2 Å². The van der Waals surface area contributed by atoms with E-state index in [1.807, 2.05) is 18.2 Å². The van der Waals surface area contributed by atoms with E-state index >= 15 is 0 Å². The van der Waals surface area contributed by atoms with Gasteiger partial charge in [-0.05, 0) is 67.9 Å². The number of carbonyl (C=O) groups is 2. The van der Waals surface area contributed by atoms with Gasteiger partial charge in [-0.1, -0.05) is 30.3 Å². The predicted molar refractivity (Wildman–Crippen MR) is 140 cm³/mol. The zero-order valence-corrected chi connectivity index (χ0v) is 21.7. The van der Waals surface area contributed by atoms with Crippen LogP contribution in [0, 0.1) is 5.82 Å². The van der Waals surface area contributed by atoms with Crippen LogP contribution in [-0.4, -0.2) is 50.5 Å². The van der Waals surface area contributed by atoms with Gasteiger partial charge in [0.15, 0.2) is 0 Å². The van der Waals surface area contributed by atoms with Crippen molar-refractivity contribution in [1.82, 2.24) is 10.2 Å². The van der Waals surface area contributed by atoms with E-state index in [0.29, 0.717) is 23.6 Å². The van der Waals surface area contributed by atoms with Crippen LogP contribution < -0.4 is 14.4 Å². The molecule has 1 N–H and O–H groups in total. The number of hydrogen-bond acceptors (Lipinski definition) is 5. The number of carbonyl (C=O) groups excluding carboxylic acids is 2. The minimum atomic E-state index is -3.86. The number of para-hydroxylation sites is 1. The van der Waals surface area contributed by atoms with Crippen LogP contribution in [0.5, 0.6) is 11.5 Å². The summed E-state index contributed by atoms with van der Waals surface area (Å²) < 4.78 is 45.5. The topological polar surface area (TPSA) is 96.0 Å². The number of amides is 2. The van der Waals surface area contributed by atoms with Crippen molar-refractivity contribution in [3.8, 4) is 11.5 Å². The number of halogens is 1. The number of ether oxygens (including phenoxy) is 1. The van der Waals surface area contributed by atoms with E-state index < -0.39 is 34.3 Å². The SMILES string of the molecule is CCNC(=O)[C@H](C)N(Cc1ccc(F)cc1)C(=O)CN(c1ccc(Oc2ccccc2)cc1)S(C)(=O)=O. The summed E-state index contributed by atoms with van der Waals surface area (Å²) in [6.45, 7) is 3.16. The maximum absolute atomic E-state index is 13.4. The van der Waals surface area contributed by atoms with Crippen molar-refractivity contribution in [3.63, 3.8) is 0 Å². The highest BCUT2D eigenvalue weighted by atomic mass is 32.2. The lowest BCUT2D eigenvalue weighted by atomic mass is 10.1. The van der Waals surface area contributed by atoms with Crippen molar-refractivity contribution >= 4 is 27.5 Å². The molecule has 196 valence electrons. The van der Waals surface area contributed by atoms with Crippen molar-refractivity contribution in [2.24, 2.45) is 0 Å². The van der Waals surface area contributed by atoms with E-state index in [2.05, 4.69) is 5.32 Å². The molecule has 0 aliphatic carbocycles. The van der Waals surface area contributed by atoms with Gasteiger partial charge in [-0.15, -0.1) is 0 Å². The van der Waals surface area contributed by atoms with Crippen LogP contribution in [0.3, 0.4) is 0 Å². The van der Waals surface area contributed by atoms with Crippen molar-refractivity contribution in [1.29, 1.82) is 0 Å². The first kappa shape index (κ1) is 27.7. The molecule has 3 aromatic rings. The number of anilines is 1. The molecule has 1 atom stereocenters. The first-order valence-electron chi connectivity index (χ1n) is 11.7. The Morgan fingerprint density at radius 2 is 1.54 bits per heavy atom. The molecule has 0 spiro atoms. The zero-order chi connectivity index (χ0) is 27.0. The summed E-state index contributed by atoms with van der Waals surface area (Å²) in [6.07, 6.45) is 1.01. The number of rotatable bonds is 11. The molecular formula is C27H30FN3O5S. The second-order valence-electron chi connectivity index (χ2n) is 8.40. The Balaban J connectivity index is 1.85. The monoisotopic (exact) mass is 527 g/mol. The Morgan fingerprint density at radius 3 is 2.11 bits per heavy atom. The Morgan fingerprint density at radius 1 is 0.946 bits per heavy atom. The third kappa shape index (κ3) is 7.78. The Kier molecular flexibility index (Phi) is 9.24. The molecule has 0 bridgehead atoms. The predicted octanol–water partition coefficient (Wildman–Crippen LogP) is 3.94. The number of nitrogens with zero attached hydrogens (tertiary/aromatic N) is 2. The minimum Gasteiger partial charge on any atom is -0.457 e. The number of benzene rings is 3. The van der Waals surface area contributed by atoms with E-state index in [4.69, 9.17) is 4.74 Å². The second-order valence-corrected chi connectivity index (χ2v) is 10.3. The third-order valence-electron chi connectivity index (χ3n) is 5.57. The van der Waals surface area contributed by atoms with Gasteiger partial charge < -0.3 is 15.0 Å². The molecule has 8 nitrogen and oxygen atoms in total. The molecule has 0 fully saturated rings.